The summed E-state index contributed by atoms with van der Waals surface area (Å²) in [5.41, 5.74) is 1.10. The number of rotatable bonds is 3. The lowest BCUT2D eigenvalue weighted by Gasteiger charge is -2.16. The Morgan fingerprint density at radius 1 is 1.29 bits per heavy atom. The van der Waals surface area contributed by atoms with Crippen LogP contribution in [0, 0.1) is 0 Å². The van der Waals surface area contributed by atoms with Gasteiger partial charge in [-0.2, -0.15) is 0 Å². The topological polar surface area (TPSA) is 50.7 Å². The van der Waals surface area contributed by atoms with Gasteiger partial charge in [0.1, 0.15) is 0 Å². The Morgan fingerprint density at radius 3 is 3.06 bits per heavy atom. The summed E-state index contributed by atoms with van der Waals surface area (Å²) in [7, 11) is 0. The predicted molar refractivity (Wildman–Crippen MR) is 63.1 cm³/mol. The molecule has 4 nitrogen and oxygen atoms in total. The number of hydrogen-bond donors (Lipinski definition) is 2. The van der Waals surface area contributed by atoms with Gasteiger partial charge in [0, 0.05) is 18.2 Å². The van der Waals surface area contributed by atoms with Gasteiger partial charge in [-0.25, -0.2) is 0 Å². The van der Waals surface area contributed by atoms with Crippen molar-refractivity contribution in [3.8, 4) is 11.5 Å². The van der Waals surface area contributed by atoms with Crippen LogP contribution in [0.25, 0.3) is 0 Å². The van der Waals surface area contributed by atoms with Crippen molar-refractivity contribution in [2.24, 2.45) is 0 Å². The summed E-state index contributed by atoms with van der Waals surface area (Å²) in [6.45, 7) is 1.02. The molecular formula is C13H17NO3. The first kappa shape index (κ1) is 10.9. The van der Waals surface area contributed by atoms with Gasteiger partial charge in [0.05, 0.1) is 6.10 Å². The molecule has 1 aromatic carbocycles. The van der Waals surface area contributed by atoms with E-state index in [-0.39, 0.29) is 12.1 Å². The predicted octanol–water partition coefficient (Wildman–Crippen LogP) is 1.42. The van der Waals surface area contributed by atoms with Crippen molar-refractivity contribution in [3.63, 3.8) is 0 Å². The Labute approximate surface area is 101 Å². The molecule has 2 aliphatic rings. The molecule has 0 radical (unpaired) electrons. The highest BCUT2D eigenvalue weighted by Gasteiger charge is 2.25. The van der Waals surface area contributed by atoms with Crippen LogP contribution in [0.15, 0.2) is 18.2 Å². The zero-order chi connectivity index (χ0) is 11.7. The zero-order valence-corrected chi connectivity index (χ0v) is 9.69. The Kier molecular flexibility index (Phi) is 2.91. The average Bonchev–Trinajstić information content (AvgIpc) is 2.95. The molecule has 1 heterocycles. The summed E-state index contributed by atoms with van der Waals surface area (Å²) in [5.74, 6) is 1.66. The van der Waals surface area contributed by atoms with E-state index in [2.05, 4.69) is 5.32 Å². The molecule has 17 heavy (non-hydrogen) atoms. The normalized spacial score (nSPS) is 26.4. The number of nitrogens with one attached hydrogen (secondary N) is 1. The molecule has 1 aliphatic heterocycles. The molecule has 2 N–H and O–H groups in total. The summed E-state index contributed by atoms with van der Waals surface area (Å²) >= 11 is 0. The van der Waals surface area contributed by atoms with Crippen LogP contribution in [0.3, 0.4) is 0 Å². The summed E-state index contributed by atoms with van der Waals surface area (Å²) < 4.78 is 10.8. The van der Waals surface area contributed by atoms with E-state index < -0.39 is 0 Å². The van der Waals surface area contributed by atoms with Crippen molar-refractivity contribution in [3.05, 3.63) is 23.8 Å². The number of para-hydroxylation sites is 1. The minimum absolute atomic E-state index is 0.205. The maximum Gasteiger partial charge on any atom is 0.231 e. The summed E-state index contributed by atoms with van der Waals surface area (Å²) in [6, 6.07) is 6.13. The molecule has 3 rings (SSSR count). The standard InChI is InChI=1S/C13H17NO3/c15-11-5-2-4-10(11)14-7-9-3-1-6-12-13(9)17-8-16-12/h1,3,6,10-11,14-15H,2,4-5,7-8H2/t10-,11-/m0/s1. The van der Waals surface area contributed by atoms with E-state index in [0.717, 1.165) is 36.3 Å². The van der Waals surface area contributed by atoms with Crippen LogP contribution < -0.4 is 14.8 Å². The van der Waals surface area contributed by atoms with Crippen LogP contribution in [0.2, 0.25) is 0 Å². The van der Waals surface area contributed by atoms with E-state index in [0.29, 0.717) is 13.3 Å². The van der Waals surface area contributed by atoms with E-state index in [1.807, 2.05) is 18.2 Å². The summed E-state index contributed by atoms with van der Waals surface area (Å²) in [4.78, 5) is 0. The SMILES string of the molecule is O[C@H]1CCC[C@@H]1NCc1cccc2c1OCO2. The first-order chi connectivity index (χ1) is 8.34. The Balaban J connectivity index is 1.67. The largest absolute Gasteiger partial charge is 0.454 e. The van der Waals surface area contributed by atoms with Gasteiger partial charge < -0.3 is 19.9 Å². The van der Waals surface area contributed by atoms with Crippen molar-refractivity contribution < 1.29 is 14.6 Å². The molecule has 1 aliphatic carbocycles. The minimum Gasteiger partial charge on any atom is -0.454 e. The number of hydrogen-bond acceptors (Lipinski definition) is 4. The van der Waals surface area contributed by atoms with Gasteiger partial charge >= 0.3 is 0 Å². The fraction of sp³-hybridized carbons (Fsp3) is 0.538. The van der Waals surface area contributed by atoms with E-state index in [1.54, 1.807) is 0 Å². The maximum atomic E-state index is 9.74. The lowest BCUT2D eigenvalue weighted by Crippen LogP contribution is -2.35. The van der Waals surface area contributed by atoms with Crippen molar-refractivity contribution in [1.82, 2.24) is 5.32 Å². The highest BCUT2D eigenvalue weighted by Crippen LogP contribution is 2.35. The van der Waals surface area contributed by atoms with Crippen molar-refractivity contribution in [2.75, 3.05) is 6.79 Å². The molecule has 4 heteroatoms. The molecule has 0 bridgehead atoms. The smallest absolute Gasteiger partial charge is 0.231 e. The van der Waals surface area contributed by atoms with Gasteiger partial charge in [0.25, 0.3) is 0 Å². The van der Waals surface area contributed by atoms with Crippen LogP contribution in [0.4, 0.5) is 0 Å². The molecule has 1 aromatic rings. The Hall–Kier alpha value is -1.26. The lowest BCUT2D eigenvalue weighted by molar-refractivity contribution is 0.148. The maximum absolute atomic E-state index is 9.74. The zero-order valence-electron chi connectivity index (χ0n) is 9.69. The van der Waals surface area contributed by atoms with Gasteiger partial charge in [-0.1, -0.05) is 12.1 Å². The number of benzene rings is 1. The molecule has 92 valence electrons. The van der Waals surface area contributed by atoms with Gasteiger partial charge in [-0.15, -0.1) is 0 Å². The third-order valence-electron chi connectivity index (χ3n) is 3.51. The molecule has 1 fully saturated rings. The van der Waals surface area contributed by atoms with Crippen LogP contribution in [0.1, 0.15) is 24.8 Å². The van der Waals surface area contributed by atoms with Crippen LogP contribution >= 0.6 is 0 Å². The van der Waals surface area contributed by atoms with E-state index in [1.165, 1.54) is 0 Å². The average molecular weight is 235 g/mol. The quantitative estimate of drug-likeness (QED) is 0.832. The van der Waals surface area contributed by atoms with E-state index in [4.69, 9.17) is 9.47 Å². The van der Waals surface area contributed by atoms with Crippen molar-refractivity contribution in [2.45, 2.75) is 38.0 Å². The first-order valence-electron chi connectivity index (χ1n) is 6.13. The van der Waals surface area contributed by atoms with Gasteiger partial charge in [-0.05, 0) is 25.3 Å². The van der Waals surface area contributed by atoms with Crippen molar-refractivity contribution >= 4 is 0 Å². The fourth-order valence-electron chi connectivity index (χ4n) is 2.55. The number of aliphatic hydroxyl groups is 1. The Morgan fingerprint density at radius 2 is 2.24 bits per heavy atom. The van der Waals surface area contributed by atoms with E-state index in [9.17, 15) is 5.11 Å². The summed E-state index contributed by atoms with van der Waals surface area (Å²) in [5, 5.41) is 13.1. The summed E-state index contributed by atoms with van der Waals surface area (Å²) in [6.07, 6.45) is 2.85. The van der Waals surface area contributed by atoms with E-state index >= 15 is 0 Å². The molecule has 0 unspecified atom stereocenters. The second-order valence-corrected chi connectivity index (χ2v) is 4.64. The second-order valence-electron chi connectivity index (χ2n) is 4.64. The highest BCUT2D eigenvalue weighted by atomic mass is 16.7. The molecule has 0 saturated heterocycles. The number of aliphatic hydroxyl groups excluding tert-OH is 1. The monoisotopic (exact) mass is 235 g/mol. The molecule has 2 atom stereocenters. The third-order valence-corrected chi connectivity index (χ3v) is 3.51. The molecule has 0 spiro atoms. The molecule has 0 aromatic heterocycles. The second kappa shape index (κ2) is 4.55. The van der Waals surface area contributed by atoms with Crippen LogP contribution in [0.5, 0.6) is 11.5 Å². The van der Waals surface area contributed by atoms with Gasteiger partial charge in [0.15, 0.2) is 11.5 Å². The van der Waals surface area contributed by atoms with Gasteiger partial charge in [-0.3, -0.25) is 0 Å². The lowest BCUT2D eigenvalue weighted by atomic mass is 10.1. The fourth-order valence-corrected chi connectivity index (χ4v) is 2.55. The van der Waals surface area contributed by atoms with Crippen LogP contribution in [-0.4, -0.2) is 24.0 Å². The first-order valence-corrected chi connectivity index (χ1v) is 6.13. The Bertz CT molecular complexity index is 408. The van der Waals surface area contributed by atoms with Crippen LogP contribution in [-0.2, 0) is 6.54 Å². The van der Waals surface area contributed by atoms with Crippen molar-refractivity contribution in [1.29, 1.82) is 0 Å². The number of ether oxygens (including phenoxy) is 2. The third kappa shape index (κ3) is 2.10. The molecule has 1 saturated carbocycles. The minimum atomic E-state index is -0.205. The molecule has 0 amide bonds. The number of fused-ring (bicyclic) bond motifs is 1. The molecular weight excluding hydrogens is 218 g/mol. The van der Waals surface area contributed by atoms with Gasteiger partial charge in [0.2, 0.25) is 6.79 Å². The highest BCUT2D eigenvalue weighted by molar-refractivity contribution is 5.48.